The first-order valence-electron chi connectivity index (χ1n) is 9.67. The molecule has 3 rings (SSSR count). The molecule has 0 saturated carbocycles. The van der Waals surface area contributed by atoms with E-state index in [0.29, 0.717) is 17.8 Å². The van der Waals surface area contributed by atoms with E-state index in [2.05, 4.69) is 46.4 Å². The van der Waals surface area contributed by atoms with Gasteiger partial charge in [0.25, 0.3) is 5.91 Å². The molecule has 1 aromatic carbocycles. The number of ketones is 1. The third kappa shape index (κ3) is 4.14. The molecule has 144 valence electrons. The standard InChI is InChI=1S/C22H29N3O2/c1-14-7-9-18(10-8-14)19(25-11-5-6-12-25)13-23-22(27)21-15(2)20(17(4)26)16(3)24-21/h7-10,19,24H,5-6,11-13H2,1-4H3,(H,23,27). The number of amides is 1. The second kappa shape index (κ2) is 8.09. The van der Waals surface area contributed by atoms with Gasteiger partial charge in [-0.05, 0) is 64.8 Å². The normalized spacial score (nSPS) is 15.7. The maximum Gasteiger partial charge on any atom is 0.268 e. The highest BCUT2D eigenvalue weighted by molar-refractivity contribution is 6.02. The Morgan fingerprint density at radius 2 is 1.74 bits per heavy atom. The van der Waals surface area contributed by atoms with Gasteiger partial charge in [-0.25, -0.2) is 0 Å². The molecule has 1 fully saturated rings. The summed E-state index contributed by atoms with van der Waals surface area (Å²) in [6.45, 7) is 9.94. The van der Waals surface area contributed by atoms with E-state index in [4.69, 9.17) is 0 Å². The third-order valence-electron chi connectivity index (χ3n) is 5.52. The first kappa shape index (κ1) is 19.4. The second-order valence-electron chi connectivity index (χ2n) is 7.56. The van der Waals surface area contributed by atoms with Crippen molar-refractivity contribution in [3.63, 3.8) is 0 Å². The van der Waals surface area contributed by atoms with Crippen LogP contribution >= 0.6 is 0 Å². The Kier molecular flexibility index (Phi) is 5.80. The van der Waals surface area contributed by atoms with Crippen LogP contribution in [0.4, 0.5) is 0 Å². The molecular formula is C22H29N3O2. The summed E-state index contributed by atoms with van der Waals surface area (Å²) in [4.78, 5) is 30.1. The minimum Gasteiger partial charge on any atom is -0.354 e. The van der Waals surface area contributed by atoms with Crippen molar-refractivity contribution in [2.75, 3.05) is 19.6 Å². The van der Waals surface area contributed by atoms with Crippen LogP contribution < -0.4 is 5.32 Å². The number of aromatic amines is 1. The molecule has 2 N–H and O–H groups in total. The fraction of sp³-hybridized carbons (Fsp3) is 0.455. The highest BCUT2D eigenvalue weighted by atomic mass is 16.2. The van der Waals surface area contributed by atoms with Crippen LogP contribution in [-0.4, -0.2) is 41.2 Å². The number of likely N-dealkylation sites (tertiary alicyclic amines) is 1. The number of Topliss-reactive ketones (excluding diaryl/α,β-unsaturated/α-hetero) is 1. The van der Waals surface area contributed by atoms with E-state index < -0.39 is 0 Å². The van der Waals surface area contributed by atoms with Gasteiger partial charge in [-0.1, -0.05) is 29.8 Å². The number of nitrogens with zero attached hydrogens (tertiary/aromatic N) is 1. The average molecular weight is 367 g/mol. The molecule has 0 spiro atoms. The van der Waals surface area contributed by atoms with Gasteiger partial charge in [0, 0.05) is 17.8 Å². The van der Waals surface area contributed by atoms with Crippen LogP contribution in [0.5, 0.6) is 0 Å². The molecule has 0 radical (unpaired) electrons. The molecule has 2 aromatic rings. The molecular weight excluding hydrogens is 338 g/mol. The van der Waals surface area contributed by atoms with Crippen LogP contribution in [0.3, 0.4) is 0 Å². The lowest BCUT2D eigenvalue weighted by Crippen LogP contribution is -2.37. The van der Waals surface area contributed by atoms with Crippen molar-refractivity contribution in [1.82, 2.24) is 15.2 Å². The molecule has 0 bridgehead atoms. The van der Waals surface area contributed by atoms with Crippen molar-refractivity contribution < 1.29 is 9.59 Å². The molecule has 1 amide bonds. The van der Waals surface area contributed by atoms with Gasteiger partial charge in [-0.15, -0.1) is 0 Å². The third-order valence-corrected chi connectivity index (χ3v) is 5.52. The molecule has 5 nitrogen and oxygen atoms in total. The van der Waals surface area contributed by atoms with E-state index in [1.54, 1.807) is 0 Å². The number of nitrogens with one attached hydrogen (secondary N) is 2. The number of rotatable bonds is 6. The zero-order valence-corrected chi connectivity index (χ0v) is 16.7. The molecule has 2 heterocycles. The van der Waals surface area contributed by atoms with Crippen LogP contribution in [0.2, 0.25) is 0 Å². The SMILES string of the molecule is CC(=O)c1c(C)[nH]c(C(=O)NCC(c2ccc(C)cc2)N2CCCC2)c1C. The number of benzene rings is 1. The lowest BCUT2D eigenvalue weighted by Gasteiger charge is -2.28. The number of aromatic nitrogens is 1. The summed E-state index contributed by atoms with van der Waals surface area (Å²) < 4.78 is 0. The maximum atomic E-state index is 12.8. The average Bonchev–Trinajstić information content (AvgIpc) is 3.24. The summed E-state index contributed by atoms with van der Waals surface area (Å²) in [6, 6.07) is 8.72. The van der Waals surface area contributed by atoms with Gasteiger partial charge in [0.2, 0.25) is 0 Å². The van der Waals surface area contributed by atoms with Gasteiger partial charge in [-0.2, -0.15) is 0 Å². The smallest absolute Gasteiger partial charge is 0.268 e. The van der Waals surface area contributed by atoms with Crippen molar-refractivity contribution >= 4 is 11.7 Å². The largest absolute Gasteiger partial charge is 0.354 e. The maximum absolute atomic E-state index is 12.8. The first-order valence-corrected chi connectivity index (χ1v) is 9.67. The fourth-order valence-corrected chi connectivity index (χ4v) is 4.08. The Bertz CT molecular complexity index is 830. The highest BCUT2D eigenvalue weighted by Crippen LogP contribution is 2.25. The number of hydrogen-bond acceptors (Lipinski definition) is 3. The van der Waals surface area contributed by atoms with Gasteiger partial charge in [0.05, 0.1) is 6.04 Å². The van der Waals surface area contributed by atoms with E-state index >= 15 is 0 Å². The Balaban J connectivity index is 1.77. The zero-order chi connectivity index (χ0) is 19.6. The Morgan fingerprint density at radius 3 is 2.30 bits per heavy atom. The van der Waals surface area contributed by atoms with Crippen molar-refractivity contribution in [3.05, 3.63) is 57.9 Å². The van der Waals surface area contributed by atoms with E-state index in [-0.39, 0.29) is 17.7 Å². The lowest BCUT2D eigenvalue weighted by molar-refractivity contribution is 0.0932. The van der Waals surface area contributed by atoms with Gasteiger partial charge in [0.1, 0.15) is 5.69 Å². The molecule has 1 aromatic heterocycles. The Morgan fingerprint density at radius 1 is 1.11 bits per heavy atom. The van der Waals surface area contributed by atoms with E-state index in [1.807, 2.05) is 13.8 Å². The highest BCUT2D eigenvalue weighted by Gasteiger charge is 2.25. The van der Waals surface area contributed by atoms with Crippen molar-refractivity contribution in [1.29, 1.82) is 0 Å². The molecule has 1 aliphatic heterocycles. The number of carbonyl (C=O) groups is 2. The van der Waals surface area contributed by atoms with E-state index in [1.165, 1.54) is 30.9 Å². The molecule has 0 aliphatic carbocycles. The Hall–Kier alpha value is -2.40. The minimum atomic E-state index is -0.153. The van der Waals surface area contributed by atoms with Crippen molar-refractivity contribution in [2.24, 2.45) is 0 Å². The number of aryl methyl sites for hydroxylation is 2. The number of hydrogen-bond donors (Lipinski definition) is 2. The predicted molar refractivity (Wildman–Crippen MR) is 107 cm³/mol. The minimum absolute atomic E-state index is 0.0186. The van der Waals surface area contributed by atoms with Gasteiger partial charge in [0.15, 0.2) is 5.78 Å². The van der Waals surface area contributed by atoms with Crippen LogP contribution in [0, 0.1) is 20.8 Å². The molecule has 1 unspecified atom stereocenters. The molecule has 1 atom stereocenters. The molecule has 5 heteroatoms. The second-order valence-corrected chi connectivity index (χ2v) is 7.56. The monoisotopic (exact) mass is 367 g/mol. The van der Waals surface area contributed by atoms with Crippen molar-refractivity contribution in [3.8, 4) is 0 Å². The number of H-pyrrole nitrogens is 1. The molecule has 1 saturated heterocycles. The summed E-state index contributed by atoms with van der Waals surface area (Å²) in [5.41, 5.74) is 5.05. The summed E-state index contributed by atoms with van der Waals surface area (Å²) in [5, 5.41) is 3.09. The van der Waals surface area contributed by atoms with Crippen LogP contribution in [0.25, 0.3) is 0 Å². The van der Waals surface area contributed by atoms with Gasteiger partial charge in [-0.3, -0.25) is 14.5 Å². The summed E-state index contributed by atoms with van der Waals surface area (Å²) >= 11 is 0. The number of carbonyl (C=O) groups excluding carboxylic acids is 2. The van der Waals surface area contributed by atoms with Crippen LogP contribution in [0.15, 0.2) is 24.3 Å². The van der Waals surface area contributed by atoms with Gasteiger partial charge >= 0.3 is 0 Å². The molecule has 27 heavy (non-hydrogen) atoms. The fourth-order valence-electron chi connectivity index (χ4n) is 4.08. The van der Waals surface area contributed by atoms with Crippen LogP contribution in [-0.2, 0) is 0 Å². The summed E-state index contributed by atoms with van der Waals surface area (Å²) in [5.74, 6) is -0.172. The Labute approximate surface area is 161 Å². The van der Waals surface area contributed by atoms with E-state index in [0.717, 1.165) is 24.3 Å². The van der Waals surface area contributed by atoms with Crippen molar-refractivity contribution in [2.45, 2.75) is 46.6 Å². The van der Waals surface area contributed by atoms with Crippen LogP contribution in [0.1, 0.15) is 69.0 Å². The topological polar surface area (TPSA) is 65.2 Å². The zero-order valence-electron chi connectivity index (χ0n) is 16.7. The quantitative estimate of drug-likeness (QED) is 0.765. The van der Waals surface area contributed by atoms with Gasteiger partial charge < -0.3 is 10.3 Å². The lowest BCUT2D eigenvalue weighted by atomic mass is 10.0. The van der Waals surface area contributed by atoms with E-state index in [9.17, 15) is 9.59 Å². The summed E-state index contributed by atoms with van der Waals surface area (Å²) in [6.07, 6.45) is 2.40. The molecule has 1 aliphatic rings. The first-order chi connectivity index (χ1) is 12.9. The summed E-state index contributed by atoms with van der Waals surface area (Å²) in [7, 11) is 0. The predicted octanol–water partition coefficient (Wildman–Crippen LogP) is 3.71.